The Kier molecular flexibility index (Phi) is 4.54. The molecular weight excluding hydrogens is 290 g/mol. The van der Waals surface area contributed by atoms with Crippen LogP contribution in [0.4, 0.5) is 0 Å². The molecule has 0 amide bonds. The fourth-order valence-electron chi connectivity index (χ4n) is 1.87. The monoisotopic (exact) mass is 305 g/mol. The summed E-state index contributed by atoms with van der Waals surface area (Å²) in [5.74, 6) is 0.991. The molecule has 0 radical (unpaired) electrons. The molecule has 110 valence electrons. The molecule has 1 heterocycles. The average molecular weight is 305 g/mol. The highest BCUT2D eigenvalue weighted by atomic mass is 32.1. The van der Waals surface area contributed by atoms with E-state index in [9.17, 15) is 4.79 Å². The van der Waals surface area contributed by atoms with Gasteiger partial charge in [-0.05, 0) is 18.2 Å². The summed E-state index contributed by atoms with van der Waals surface area (Å²) in [6.07, 6.45) is 0. The van der Waals surface area contributed by atoms with E-state index in [4.69, 9.17) is 27.4 Å². The Morgan fingerprint density at radius 2 is 2.05 bits per heavy atom. The van der Waals surface area contributed by atoms with E-state index in [1.165, 1.54) is 23.9 Å². The SMILES string of the molecule is COc1ccc(=O)n(Cc2cc(C(N)=S)ccc2OC)n1. The van der Waals surface area contributed by atoms with E-state index < -0.39 is 0 Å². The Hall–Kier alpha value is -2.41. The Labute approximate surface area is 127 Å². The van der Waals surface area contributed by atoms with Crippen molar-refractivity contribution in [1.82, 2.24) is 9.78 Å². The summed E-state index contributed by atoms with van der Waals surface area (Å²) in [6, 6.07) is 8.23. The van der Waals surface area contributed by atoms with E-state index >= 15 is 0 Å². The maximum absolute atomic E-state index is 11.9. The van der Waals surface area contributed by atoms with E-state index in [-0.39, 0.29) is 17.1 Å². The van der Waals surface area contributed by atoms with Crippen molar-refractivity contribution in [3.63, 3.8) is 0 Å². The number of benzene rings is 1. The molecule has 21 heavy (non-hydrogen) atoms. The molecule has 0 spiro atoms. The number of methoxy groups -OCH3 is 2. The quantitative estimate of drug-likeness (QED) is 0.828. The Morgan fingerprint density at radius 3 is 2.67 bits per heavy atom. The first-order chi connectivity index (χ1) is 10.0. The van der Waals surface area contributed by atoms with Gasteiger partial charge in [-0.2, -0.15) is 0 Å². The number of hydrogen-bond donors (Lipinski definition) is 1. The van der Waals surface area contributed by atoms with Crippen LogP contribution in [0, 0.1) is 0 Å². The van der Waals surface area contributed by atoms with E-state index in [1.807, 2.05) is 0 Å². The van der Waals surface area contributed by atoms with Crippen molar-refractivity contribution in [1.29, 1.82) is 0 Å². The second-order valence-electron chi connectivity index (χ2n) is 4.26. The molecule has 7 heteroatoms. The molecule has 2 rings (SSSR count). The summed E-state index contributed by atoms with van der Waals surface area (Å²) < 4.78 is 11.6. The van der Waals surface area contributed by atoms with E-state index in [0.29, 0.717) is 17.2 Å². The van der Waals surface area contributed by atoms with Crippen molar-refractivity contribution in [2.45, 2.75) is 6.54 Å². The summed E-state index contributed by atoms with van der Waals surface area (Å²) in [6.45, 7) is 0.232. The van der Waals surface area contributed by atoms with Crippen LogP contribution in [-0.4, -0.2) is 29.0 Å². The van der Waals surface area contributed by atoms with Crippen LogP contribution in [0.3, 0.4) is 0 Å². The first kappa shape index (κ1) is 15.0. The van der Waals surface area contributed by atoms with Crippen molar-refractivity contribution in [3.05, 3.63) is 51.8 Å². The minimum Gasteiger partial charge on any atom is -0.496 e. The number of nitrogens with zero attached hydrogens (tertiary/aromatic N) is 2. The second kappa shape index (κ2) is 6.36. The Balaban J connectivity index is 2.44. The molecule has 0 saturated heterocycles. The molecule has 0 atom stereocenters. The fraction of sp³-hybridized carbons (Fsp3) is 0.214. The first-order valence-electron chi connectivity index (χ1n) is 6.14. The molecule has 1 aromatic heterocycles. The third-order valence-electron chi connectivity index (χ3n) is 2.94. The van der Waals surface area contributed by atoms with Crippen molar-refractivity contribution >= 4 is 17.2 Å². The van der Waals surface area contributed by atoms with Crippen molar-refractivity contribution in [2.24, 2.45) is 5.73 Å². The molecule has 0 saturated carbocycles. The molecule has 2 aromatic rings. The first-order valence-corrected chi connectivity index (χ1v) is 6.55. The number of nitrogens with two attached hydrogens (primary N) is 1. The third kappa shape index (κ3) is 3.38. The van der Waals surface area contributed by atoms with Gasteiger partial charge >= 0.3 is 0 Å². The topological polar surface area (TPSA) is 79.4 Å². The lowest BCUT2D eigenvalue weighted by atomic mass is 10.1. The maximum atomic E-state index is 11.9. The van der Waals surface area contributed by atoms with Gasteiger partial charge < -0.3 is 15.2 Å². The van der Waals surface area contributed by atoms with Crippen LogP contribution in [0.5, 0.6) is 11.6 Å². The van der Waals surface area contributed by atoms with Crippen LogP contribution in [0.15, 0.2) is 35.1 Å². The maximum Gasteiger partial charge on any atom is 0.267 e. The van der Waals surface area contributed by atoms with Gasteiger partial charge in [0.2, 0.25) is 5.88 Å². The lowest BCUT2D eigenvalue weighted by Crippen LogP contribution is -2.23. The molecular formula is C14H15N3O3S. The van der Waals surface area contributed by atoms with Gasteiger partial charge in [0, 0.05) is 23.3 Å². The zero-order chi connectivity index (χ0) is 15.4. The summed E-state index contributed by atoms with van der Waals surface area (Å²) >= 11 is 4.96. The van der Waals surface area contributed by atoms with Crippen LogP contribution < -0.4 is 20.8 Å². The molecule has 0 aliphatic rings. The number of rotatable bonds is 5. The molecule has 0 bridgehead atoms. The van der Waals surface area contributed by atoms with E-state index in [0.717, 1.165) is 5.56 Å². The minimum absolute atomic E-state index is 0.232. The van der Waals surface area contributed by atoms with Crippen LogP contribution in [0.25, 0.3) is 0 Å². The molecule has 0 aliphatic carbocycles. The zero-order valence-electron chi connectivity index (χ0n) is 11.7. The van der Waals surface area contributed by atoms with Crippen LogP contribution in [0.1, 0.15) is 11.1 Å². The largest absolute Gasteiger partial charge is 0.496 e. The Morgan fingerprint density at radius 1 is 1.29 bits per heavy atom. The van der Waals surface area contributed by atoms with Crippen LogP contribution in [0.2, 0.25) is 0 Å². The number of hydrogen-bond acceptors (Lipinski definition) is 5. The van der Waals surface area contributed by atoms with Crippen molar-refractivity contribution < 1.29 is 9.47 Å². The molecule has 1 aromatic carbocycles. The molecule has 6 nitrogen and oxygen atoms in total. The zero-order valence-corrected chi connectivity index (χ0v) is 12.5. The number of ether oxygens (including phenoxy) is 2. The van der Waals surface area contributed by atoms with E-state index in [1.54, 1.807) is 25.3 Å². The standard InChI is InChI=1S/C14H15N3O3S/c1-19-11-4-3-9(14(15)21)7-10(11)8-17-13(18)6-5-12(16-17)20-2/h3-7H,8H2,1-2H3,(H2,15,21). The van der Waals surface area contributed by atoms with Gasteiger partial charge in [0.05, 0.1) is 20.8 Å². The van der Waals surface area contributed by atoms with Gasteiger partial charge in [0.15, 0.2) is 0 Å². The summed E-state index contributed by atoms with van der Waals surface area (Å²) in [7, 11) is 3.05. The molecule has 0 aliphatic heterocycles. The van der Waals surface area contributed by atoms with Gasteiger partial charge in [-0.1, -0.05) is 12.2 Å². The highest BCUT2D eigenvalue weighted by Crippen LogP contribution is 2.20. The highest BCUT2D eigenvalue weighted by molar-refractivity contribution is 7.80. The molecule has 2 N–H and O–H groups in total. The number of aromatic nitrogens is 2. The van der Waals surface area contributed by atoms with Crippen molar-refractivity contribution in [3.8, 4) is 11.6 Å². The lowest BCUT2D eigenvalue weighted by Gasteiger charge is -2.11. The average Bonchev–Trinajstić information content (AvgIpc) is 2.49. The van der Waals surface area contributed by atoms with Crippen molar-refractivity contribution in [2.75, 3.05) is 14.2 Å². The van der Waals surface area contributed by atoms with Crippen LogP contribution >= 0.6 is 12.2 Å². The summed E-state index contributed by atoms with van der Waals surface area (Å²) in [4.78, 5) is 12.1. The predicted molar refractivity (Wildman–Crippen MR) is 83.0 cm³/mol. The van der Waals surface area contributed by atoms with Gasteiger partial charge in [-0.3, -0.25) is 4.79 Å². The van der Waals surface area contributed by atoms with Gasteiger partial charge in [-0.15, -0.1) is 5.10 Å². The molecule has 0 unspecified atom stereocenters. The second-order valence-corrected chi connectivity index (χ2v) is 4.70. The predicted octanol–water partition coefficient (Wildman–Crippen LogP) is 0.943. The highest BCUT2D eigenvalue weighted by Gasteiger charge is 2.09. The lowest BCUT2D eigenvalue weighted by molar-refractivity contribution is 0.376. The normalized spacial score (nSPS) is 10.2. The van der Waals surface area contributed by atoms with E-state index in [2.05, 4.69) is 5.10 Å². The van der Waals surface area contributed by atoms with Gasteiger partial charge in [0.1, 0.15) is 10.7 Å². The van der Waals surface area contributed by atoms with Gasteiger partial charge in [0.25, 0.3) is 5.56 Å². The van der Waals surface area contributed by atoms with Crippen LogP contribution in [-0.2, 0) is 6.54 Å². The number of thiocarbonyl (C=S) groups is 1. The fourth-order valence-corrected chi connectivity index (χ4v) is 2.00. The summed E-state index contributed by atoms with van der Waals surface area (Å²) in [5.41, 5.74) is 6.85. The molecule has 0 fully saturated rings. The summed E-state index contributed by atoms with van der Waals surface area (Å²) in [5, 5.41) is 4.10. The smallest absolute Gasteiger partial charge is 0.267 e. The van der Waals surface area contributed by atoms with Gasteiger partial charge in [-0.25, -0.2) is 4.68 Å². The third-order valence-corrected chi connectivity index (χ3v) is 3.17. The minimum atomic E-state index is -0.237. The Bertz CT molecular complexity index is 728.